The van der Waals surface area contributed by atoms with Crippen LogP contribution in [0.1, 0.15) is 35.7 Å². The Bertz CT molecular complexity index is 697. The number of anilines is 2. The van der Waals surface area contributed by atoms with Crippen LogP contribution in [0, 0.1) is 0 Å². The van der Waals surface area contributed by atoms with E-state index in [9.17, 15) is 4.79 Å². The summed E-state index contributed by atoms with van der Waals surface area (Å²) >= 11 is 0. The second kappa shape index (κ2) is 7.93. The Morgan fingerprint density at radius 3 is 2.83 bits per heavy atom. The number of nitrogen functional groups attached to an aromatic ring is 1. The zero-order chi connectivity index (χ0) is 16.7. The van der Waals surface area contributed by atoms with Crippen LogP contribution >= 0.6 is 0 Å². The highest BCUT2D eigenvalue weighted by Gasteiger charge is 2.10. The summed E-state index contributed by atoms with van der Waals surface area (Å²) in [5.74, 6) is 0.146. The number of aliphatic imine (C=N–C) groups is 1. The first kappa shape index (κ1) is 16.5. The monoisotopic (exact) mass is 311 g/mol. The topological polar surface area (TPSA) is 106 Å². The van der Waals surface area contributed by atoms with Crippen LogP contribution in [0.4, 0.5) is 11.4 Å². The number of rotatable bonds is 6. The van der Waals surface area contributed by atoms with E-state index in [0.717, 1.165) is 12.8 Å². The molecule has 1 heterocycles. The van der Waals surface area contributed by atoms with Gasteiger partial charge in [-0.05, 0) is 36.8 Å². The summed E-state index contributed by atoms with van der Waals surface area (Å²) in [6.07, 6.45) is 5.25. The molecule has 0 spiro atoms. The van der Waals surface area contributed by atoms with Crippen LogP contribution in [0.3, 0.4) is 0 Å². The molecule has 2 rings (SSSR count). The Kier molecular flexibility index (Phi) is 5.68. The van der Waals surface area contributed by atoms with Gasteiger partial charge in [0, 0.05) is 29.6 Å². The third kappa shape index (κ3) is 4.54. The second-order valence-corrected chi connectivity index (χ2v) is 5.12. The van der Waals surface area contributed by atoms with E-state index in [-0.39, 0.29) is 5.91 Å². The molecule has 120 valence electrons. The molecule has 0 aliphatic heterocycles. The minimum atomic E-state index is -0.252. The fourth-order valence-corrected chi connectivity index (χ4v) is 2.02. The van der Waals surface area contributed by atoms with Crippen molar-refractivity contribution in [3.63, 3.8) is 0 Å². The number of amidine groups is 1. The molecule has 0 aliphatic carbocycles. The van der Waals surface area contributed by atoms with E-state index in [1.54, 1.807) is 42.7 Å². The number of pyridine rings is 1. The molecule has 0 radical (unpaired) electrons. The fraction of sp³-hybridized carbons (Fsp3) is 0.235. The number of nitrogens with zero attached hydrogens (tertiary/aromatic N) is 2. The van der Waals surface area contributed by atoms with E-state index >= 15 is 0 Å². The zero-order valence-corrected chi connectivity index (χ0v) is 13.1. The lowest BCUT2D eigenvalue weighted by Crippen LogP contribution is -2.18. The molecule has 0 atom stereocenters. The maximum atomic E-state index is 12.2. The van der Waals surface area contributed by atoms with E-state index < -0.39 is 0 Å². The summed E-state index contributed by atoms with van der Waals surface area (Å²) < 4.78 is 0. The minimum absolute atomic E-state index is 0.252. The Hall–Kier alpha value is -2.89. The van der Waals surface area contributed by atoms with Crippen LogP contribution < -0.4 is 16.8 Å². The number of hydrogen-bond acceptors (Lipinski definition) is 4. The highest BCUT2D eigenvalue weighted by atomic mass is 16.1. The minimum Gasteiger partial charge on any atom is -0.398 e. The van der Waals surface area contributed by atoms with Gasteiger partial charge in [-0.2, -0.15) is 0 Å². The van der Waals surface area contributed by atoms with Crippen LogP contribution in [0.5, 0.6) is 0 Å². The van der Waals surface area contributed by atoms with Crippen molar-refractivity contribution in [2.24, 2.45) is 10.7 Å². The van der Waals surface area contributed by atoms with Crippen LogP contribution in [0.15, 0.2) is 47.7 Å². The van der Waals surface area contributed by atoms with Gasteiger partial charge in [0.1, 0.15) is 5.84 Å². The van der Waals surface area contributed by atoms with Gasteiger partial charge in [-0.3, -0.25) is 14.8 Å². The van der Waals surface area contributed by atoms with Crippen molar-refractivity contribution < 1.29 is 4.79 Å². The predicted octanol–water partition coefficient (Wildman–Crippen LogP) is 2.42. The number of hydrogen-bond donors (Lipinski definition) is 3. The first-order chi connectivity index (χ1) is 11.1. The highest BCUT2D eigenvalue weighted by molar-refractivity contribution is 6.07. The van der Waals surface area contributed by atoms with Gasteiger partial charge < -0.3 is 16.8 Å². The maximum Gasteiger partial charge on any atom is 0.255 e. The average Bonchev–Trinajstić information content (AvgIpc) is 2.55. The number of carbonyl (C=O) groups excluding carboxylic acids is 1. The standard InChI is InChI=1S/C17H21N5O/c1-2-3-9-21-16(19)14-7-6-12(10-15(14)18)17(23)22-13-5-4-8-20-11-13/h4-8,10-11H,2-3,9,18H2,1H3,(H2,19,21)(H,22,23). The SMILES string of the molecule is CCCCN=C(N)c1ccc(C(=O)Nc2cccnc2)cc1N. The number of aromatic nitrogens is 1. The van der Waals surface area contributed by atoms with Gasteiger partial charge in [0.05, 0.1) is 11.9 Å². The summed E-state index contributed by atoms with van der Waals surface area (Å²) in [5.41, 5.74) is 14.1. The molecule has 0 saturated carbocycles. The quantitative estimate of drug-likeness (QED) is 0.329. The van der Waals surface area contributed by atoms with Gasteiger partial charge in [-0.15, -0.1) is 0 Å². The Labute approximate surface area is 135 Å². The lowest BCUT2D eigenvalue weighted by molar-refractivity contribution is 0.102. The fourth-order valence-electron chi connectivity index (χ4n) is 2.02. The van der Waals surface area contributed by atoms with Crippen molar-refractivity contribution in [3.05, 3.63) is 53.9 Å². The van der Waals surface area contributed by atoms with Crippen molar-refractivity contribution in [1.82, 2.24) is 4.98 Å². The number of amides is 1. The van der Waals surface area contributed by atoms with E-state index in [4.69, 9.17) is 11.5 Å². The second-order valence-electron chi connectivity index (χ2n) is 5.12. The number of carbonyl (C=O) groups is 1. The van der Waals surface area contributed by atoms with Crippen LogP contribution in [-0.4, -0.2) is 23.3 Å². The average molecular weight is 311 g/mol. The number of benzene rings is 1. The van der Waals surface area contributed by atoms with Crippen molar-refractivity contribution in [2.45, 2.75) is 19.8 Å². The molecule has 1 amide bonds. The molecule has 0 fully saturated rings. The molecule has 6 heteroatoms. The highest BCUT2D eigenvalue weighted by Crippen LogP contribution is 2.16. The van der Waals surface area contributed by atoms with Crippen LogP contribution in [0.2, 0.25) is 0 Å². The Morgan fingerprint density at radius 1 is 1.35 bits per heavy atom. The van der Waals surface area contributed by atoms with Crippen molar-refractivity contribution >= 4 is 23.1 Å². The van der Waals surface area contributed by atoms with Crippen LogP contribution in [0.25, 0.3) is 0 Å². The molecule has 1 aromatic heterocycles. The maximum absolute atomic E-state index is 12.2. The molecule has 0 saturated heterocycles. The van der Waals surface area contributed by atoms with Gasteiger partial charge >= 0.3 is 0 Å². The third-order valence-corrected chi connectivity index (χ3v) is 3.30. The molecule has 0 unspecified atom stereocenters. The molecule has 5 N–H and O–H groups in total. The van der Waals surface area contributed by atoms with Gasteiger partial charge in [0.25, 0.3) is 5.91 Å². The first-order valence-electron chi connectivity index (χ1n) is 7.53. The van der Waals surface area contributed by atoms with Crippen molar-refractivity contribution in [1.29, 1.82) is 0 Å². The molecule has 6 nitrogen and oxygen atoms in total. The number of nitrogens with one attached hydrogen (secondary N) is 1. The van der Waals surface area contributed by atoms with E-state index in [1.807, 2.05) is 0 Å². The number of nitrogens with two attached hydrogens (primary N) is 2. The summed E-state index contributed by atoms with van der Waals surface area (Å²) in [6, 6.07) is 8.52. The molecular formula is C17H21N5O. The summed E-state index contributed by atoms with van der Waals surface area (Å²) in [5, 5.41) is 2.76. The lowest BCUT2D eigenvalue weighted by Gasteiger charge is -2.09. The largest absolute Gasteiger partial charge is 0.398 e. The third-order valence-electron chi connectivity index (χ3n) is 3.30. The molecule has 1 aromatic carbocycles. The van der Waals surface area contributed by atoms with E-state index in [0.29, 0.717) is 34.9 Å². The first-order valence-corrected chi connectivity index (χ1v) is 7.53. The predicted molar refractivity (Wildman–Crippen MR) is 93.5 cm³/mol. The lowest BCUT2D eigenvalue weighted by atomic mass is 10.1. The van der Waals surface area contributed by atoms with Gasteiger partial charge in [-0.25, -0.2) is 0 Å². The smallest absolute Gasteiger partial charge is 0.255 e. The zero-order valence-electron chi connectivity index (χ0n) is 13.1. The molecular weight excluding hydrogens is 290 g/mol. The molecule has 0 aliphatic rings. The summed E-state index contributed by atoms with van der Waals surface area (Å²) in [6.45, 7) is 2.76. The van der Waals surface area contributed by atoms with Gasteiger partial charge in [0.15, 0.2) is 0 Å². The Morgan fingerprint density at radius 2 is 2.17 bits per heavy atom. The number of unbranched alkanes of at least 4 members (excludes halogenated alkanes) is 1. The van der Waals surface area contributed by atoms with Gasteiger partial charge in [0.2, 0.25) is 0 Å². The van der Waals surface area contributed by atoms with Crippen molar-refractivity contribution in [2.75, 3.05) is 17.6 Å². The molecule has 2 aromatic rings. The molecule has 0 bridgehead atoms. The molecule has 23 heavy (non-hydrogen) atoms. The summed E-state index contributed by atoms with van der Waals surface area (Å²) in [7, 11) is 0. The van der Waals surface area contributed by atoms with Gasteiger partial charge in [-0.1, -0.05) is 13.3 Å². The van der Waals surface area contributed by atoms with E-state index in [2.05, 4.69) is 22.2 Å². The summed E-state index contributed by atoms with van der Waals surface area (Å²) in [4.78, 5) is 20.4. The van der Waals surface area contributed by atoms with E-state index in [1.165, 1.54) is 0 Å². The Balaban J connectivity index is 2.12. The normalized spacial score (nSPS) is 11.3. The van der Waals surface area contributed by atoms with Crippen LogP contribution in [-0.2, 0) is 0 Å². The van der Waals surface area contributed by atoms with Crippen molar-refractivity contribution in [3.8, 4) is 0 Å².